The maximum atomic E-state index is 11.8. The average Bonchev–Trinajstić information content (AvgIpc) is 2.68. The summed E-state index contributed by atoms with van der Waals surface area (Å²) in [5.74, 6) is -0.972. The second kappa shape index (κ2) is 5.70. The number of thioether (sulfide) groups is 1. The summed E-state index contributed by atoms with van der Waals surface area (Å²) in [6, 6.07) is 5.77. The maximum Gasteiger partial charge on any atom is 0.292 e. The van der Waals surface area contributed by atoms with Crippen LogP contribution < -0.4 is 11.1 Å². The number of nitro benzene ring substituents is 1. The molecule has 2 amide bonds. The lowest BCUT2D eigenvalue weighted by molar-refractivity contribution is -0.383. The minimum Gasteiger partial charge on any atom is -0.378 e. The Morgan fingerprint density at radius 1 is 1.50 bits per heavy atom. The van der Waals surface area contributed by atoms with Crippen molar-refractivity contribution in [3.05, 3.63) is 34.4 Å². The highest BCUT2D eigenvalue weighted by Gasteiger charge is 2.29. The van der Waals surface area contributed by atoms with E-state index in [-0.39, 0.29) is 23.0 Å². The molecule has 0 bridgehead atoms. The van der Waals surface area contributed by atoms with Crippen molar-refractivity contribution in [3.63, 3.8) is 0 Å². The van der Waals surface area contributed by atoms with Crippen molar-refractivity contribution in [2.24, 2.45) is 10.7 Å². The highest BCUT2D eigenvalue weighted by atomic mass is 32.2. The van der Waals surface area contributed by atoms with Crippen LogP contribution in [0.1, 0.15) is 6.42 Å². The first-order valence-electron chi connectivity index (χ1n) is 5.55. The van der Waals surface area contributed by atoms with Crippen molar-refractivity contribution in [1.29, 1.82) is 0 Å². The Morgan fingerprint density at radius 2 is 2.20 bits per heavy atom. The summed E-state index contributed by atoms with van der Waals surface area (Å²) >= 11 is 1.01. The molecule has 20 heavy (non-hydrogen) atoms. The molecule has 1 atom stereocenters. The van der Waals surface area contributed by atoms with Gasteiger partial charge in [-0.05, 0) is 6.07 Å². The van der Waals surface area contributed by atoms with Gasteiger partial charge in [0.2, 0.25) is 5.91 Å². The van der Waals surface area contributed by atoms with Crippen LogP contribution in [0.25, 0.3) is 0 Å². The Bertz CT molecular complexity index is 616. The van der Waals surface area contributed by atoms with Crippen LogP contribution in [0.3, 0.4) is 0 Å². The number of nitrogens with one attached hydrogen (secondary N) is 1. The number of amides is 2. The molecule has 0 fully saturated rings. The topological polar surface area (TPSA) is 128 Å². The van der Waals surface area contributed by atoms with Gasteiger partial charge in [0.15, 0.2) is 5.17 Å². The Labute approximate surface area is 117 Å². The number of carbonyl (C=O) groups excluding carboxylic acids is 2. The number of carbonyl (C=O) groups is 2. The minimum atomic E-state index is -0.669. The predicted octanol–water partition coefficient (Wildman–Crippen LogP) is 0.880. The van der Waals surface area contributed by atoms with Crippen LogP contribution in [0.15, 0.2) is 29.3 Å². The monoisotopic (exact) mass is 294 g/mol. The largest absolute Gasteiger partial charge is 0.378 e. The van der Waals surface area contributed by atoms with Gasteiger partial charge in [-0.2, -0.15) is 4.99 Å². The average molecular weight is 294 g/mol. The van der Waals surface area contributed by atoms with Crippen LogP contribution in [0.4, 0.5) is 11.4 Å². The van der Waals surface area contributed by atoms with Gasteiger partial charge < -0.3 is 11.1 Å². The molecule has 104 valence electrons. The second-order valence-corrected chi connectivity index (χ2v) is 5.14. The van der Waals surface area contributed by atoms with Gasteiger partial charge in [0.1, 0.15) is 10.9 Å². The summed E-state index contributed by atoms with van der Waals surface area (Å²) in [5, 5.41) is 12.7. The molecule has 8 nitrogen and oxygen atoms in total. The van der Waals surface area contributed by atoms with E-state index in [1.165, 1.54) is 18.2 Å². The first kappa shape index (κ1) is 14.0. The number of nitro groups is 1. The van der Waals surface area contributed by atoms with Crippen LogP contribution in [0, 0.1) is 10.1 Å². The van der Waals surface area contributed by atoms with Gasteiger partial charge in [-0.25, -0.2) is 0 Å². The number of aliphatic imine (C=N–C) groups is 1. The van der Waals surface area contributed by atoms with Gasteiger partial charge >= 0.3 is 0 Å². The van der Waals surface area contributed by atoms with Crippen molar-refractivity contribution in [2.45, 2.75) is 11.7 Å². The first-order chi connectivity index (χ1) is 9.47. The SMILES string of the molecule is NC1=NC(=O)C(CC(=O)Nc2ccccc2[N+](=O)[O-])S1. The molecule has 0 aliphatic carbocycles. The molecule has 0 aromatic heterocycles. The van der Waals surface area contributed by atoms with E-state index in [1.807, 2.05) is 0 Å². The van der Waals surface area contributed by atoms with Crippen molar-refractivity contribution >= 4 is 40.1 Å². The molecule has 1 aromatic rings. The molecular weight excluding hydrogens is 284 g/mol. The molecule has 1 unspecified atom stereocenters. The smallest absolute Gasteiger partial charge is 0.292 e. The van der Waals surface area contributed by atoms with Crippen molar-refractivity contribution in [3.8, 4) is 0 Å². The van der Waals surface area contributed by atoms with Crippen molar-refractivity contribution in [2.75, 3.05) is 5.32 Å². The molecular formula is C11H10N4O4S. The summed E-state index contributed by atoms with van der Waals surface area (Å²) in [4.78, 5) is 36.9. The predicted molar refractivity (Wildman–Crippen MR) is 74.4 cm³/mol. The number of para-hydroxylation sites is 2. The van der Waals surface area contributed by atoms with E-state index in [0.29, 0.717) is 0 Å². The molecule has 0 radical (unpaired) electrons. The second-order valence-electron chi connectivity index (χ2n) is 3.92. The lowest BCUT2D eigenvalue weighted by Crippen LogP contribution is -2.22. The molecule has 9 heteroatoms. The summed E-state index contributed by atoms with van der Waals surface area (Å²) in [6.45, 7) is 0. The van der Waals surface area contributed by atoms with Crippen LogP contribution in [-0.4, -0.2) is 27.2 Å². The van der Waals surface area contributed by atoms with E-state index < -0.39 is 22.0 Å². The molecule has 0 spiro atoms. The zero-order chi connectivity index (χ0) is 14.7. The van der Waals surface area contributed by atoms with Crippen LogP contribution in [-0.2, 0) is 9.59 Å². The molecule has 0 saturated carbocycles. The van der Waals surface area contributed by atoms with E-state index in [1.54, 1.807) is 6.07 Å². The fourth-order valence-electron chi connectivity index (χ4n) is 1.64. The van der Waals surface area contributed by atoms with Crippen LogP contribution >= 0.6 is 11.8 Å². The Balaban J connectivity index is 2.03. The summed E-state index contributed by atoms with van der Waals surface area (Å²) in [6.07, 6.45) is -0.139. The van der Waals surface area contributed by atoms with Gasteiger partial charge in [0, 0.05) is 12.5 Å². The highest BCUT2D eigenvalue weighted by molar-refractivity contribution is 8.15. The summed E-state index contributed by atoms with van der Waals surface area (Å²) in [5.41, 5.74) is 5.26. The standard InChI is InChI=1S/C11H10N4O4S/c12-11-14-10(17)8(20-11)5-9(16)13-6-3-1-2-4-7(6)15(18)19/h1-4,8H,5H2,(H,13,16)(H2,12,14,17). The Morgan fingerprint density at radius 3 is 2.80 bits per heavy atom. The third-order valence-electron chi connectivity index (χ3n) is 2.50. The number of nitrogens with two attached hydrogens (primary N) is 1. The van der Waals surface area contributed by atoms with Gasteiger partial charge in [-0.3, -0.25) is 19.7 Å². The summed E-state index contributed by atoms with van der Waals surface area (Å²) in [7, 11) is 0. The Hall–Kier alpha value is -2.42. The lowest BCUT2D eigenvalue weighted by atomic mass is 10.2. The fourth-order valence-corrected chi connectivity index (χ4v) is 2.46. The number of rotatable bonds is 4. The third-order valence-corrected chi connectivity index (χ3v) is 3.49. The normalized spacial score (nSPS) is 17.7. The number of hydrogen-bond donors (Lipinski definition) is 2. The van der Waals surface area contributed by atoms with E-state index >= 15 is 0 Å². The van der Waals surface area contributed by atoms with E-state index in [0.717, 1.165) is 11.8 Å². The van der Waals surface area contributed by atoms with Crippen molar-refractivity contribution < 1.29 is 14.5 Å². The molecule has 1 heterocycles. The maximum absolute atomic E-state index is 11.8. The zero-order valence-electron chi connectivity index (χ0n) is 10.1. The molecule has 1 aliphatic heterocycles. The highest BCUT2D eigenvalue weighted by Crippen LogP contribution is 2.26. The number of hydrogen-bond acceptors (Lipinski definition) is 6. The fraction of sp³-hybridized carbons (Fsp3) is 0.182. The third kappa shape index (κ3) is 3.12. The number of benzene rings is 1. The molecule has 1 aliphatic rings. The number of nitrogens with zero attached hydrogens (tertiary/aromatic N) is 2. The van der Waals surface area contributed by atoms with Crippen LogP contribution in [0.5, 0.6) is 0 Å². The number of anilines is 1. The molecule has 0 saturated heterocycles. The van der Waals surface area contributed by atoms with E-state index in [4.69, 9.17) is 5.73 Å². The van der Waals surface area contributed by atoms with Gasteiger partial charge in [-0.15, -0.1) is 0 Å². The van der Waals surface area contributed by atoms with Gasteiger partial charge in [0.05, 0.1) is 4.92 Å². The number of amidine groups is 1. The van der Waals surface area contributed by atoms with E-state index in [2.05, 4.69) is 10.3 Å². The molecule has 3 N–H and O–H groups in total. The van der Waals surface area contributed by atoms with Gasteiger partial charge in [-0.1, -0.05) is 23.9 Å². The zero-order valence-corrected chi connectivity index (χ0v) is 10.9. The first-order valence-corrected chi connectivity index (χ1v) is 6.43. The Kier molecular flexibility index (Phi) is 3.99. The van der Waals surface area contributed by atoms with Crippen molar-refractivity contribution in [1.82, 2.24) is 0 Å². The minimum absolute atomic E-state index is 0.0897. The van der Waals surface area contributed by atoms with Crippen LogP contribution in [0.2, 0.25) is 0 Å². The lowest BCUT2D eigenvalue weighted by Gasteiger charge is -2.08. The quantitative estimate of drug-likeness (QED) is 0.626. The molecule has 2 rings (SSSR count). The molecule has 1 aromatic carbocycles. The van der Waals surface area contributed by atoms with Gasteiger partial charge in [0.25, 0.3) is 11.6 Å². The van der Waals surface area contributed by atoms with E-state index in [9.17, 15) is 19.7 Å². The summed E-state index contributed by atoms with van der Waals surface area (Å²) < 4.78 is 0.